The number of hydrogen-bond acceptors (Lipinski definition) is 4. The van der Waals surface area contributed by atoms with Gasteiger partial charge in [0.25, 0.3) is 0 Å². The van der Waals surface area contributed by atoms with Crippen LogP contribution in [0.5, 0.6) is 5.75 Å². The van der Waals surface area contributed by atoms with Gasteiger partial charge in [-0.15, -0.1) is 22.7 Å². The number of hydrogen-bond donors (Lipinski definition) is 2. The summed E-state index contributed by atoms with van der Waals surface area (Å²) in [5.74, 6) is 0.319. The molecule has 2 heterocycles. The fourth-order valence-corrected chi connectivity index (χ4v) is 4.20. The van der Waals surface area contributed by atoms with Crippen LogP contribution in [-0.4, -0.2) is 5.11 Å². The van der Waals surface area contributed by atoms with Gasteiger partial charge in [-0.2, -0.15) is 0 Å². The first-order chi connectivity index (χ1) is 10.2. The Morgan fingerprint density at radius 2 is 1.90 bits per heavy atom. The van der Waals surface area contributed by atoms with Crippen LogP contribution in [0, 0.1) is 0 Å². The molecule has 0 bridgehead atoms. The van der Waals surface area contributed by atoms with Crippen molar-refractivity contribution in [1.82, 2.24) is 5.32 Å². The van der Waals surface area contributed by atoms with Crippen molar-refractivity contribution in [2.45, 2.75) is 12.6 Å². The molecule has 1 atom stereocenters. The topological polar surface area (TPSA) is 32.3 Å². The number of para-hydroxylation sites is 1. The average molecular weight is 336 g/mol. The molecule has 0 saturated carbocycles. The number of halogens is 1. The summed E-state index contributed by atoms with van der Waals surface area (Å²) in [6.07, 6.45) is 0. The van der Waals surface area contributed by atoms with Gasteiger partial charge in [-0.05, 0) is 29.6 Å². The van der Waals surface area contributed by atoms with Crippen LogP contribution in [0.4, 0.5) is 0 Å². The van der Waals surface area contributed by atoms with Gasteiger partial charge < -0.3 is 10.4 Å². The number of phenols is 1. The Hall–Kier alpha value is -1.33. The minimum absolute atomic E-state index is 0.0992. The maximum Gasteiger partial charge on any atom is 0.120 e. The van der Waals surface area contributed by atoms with Crippen molar-refractivity contribution in [3.8, 4) is 5.75 Å². The standard InChI is InChI=1S/C16H14ClNOS2/c17-15-8-7-14(21-15)16(13-6-3-9-20-13)18-10-11-4-1-2-5-12(11)19/h1-9,16,18-19H,10H2. The number of aromatic hydroxyl groups is 1. The average Bonchev–Trinajstić information content (AvgIpc) is 3.13. The molecule has 1 unspecified atom stereocenters. The van der Waals surface area contributed by atoms with Gasteiger partial charge in [-0.25, -0.2) is 0 Å². The Kier molecular flexibility index (Phi) is 4.60. The van der Waals surface area contributed by atoms with E-state index >= 15 is 0 Å². The van der Waals surface area contributed by atoms with Crippen molar-refractivity contribution in [1.29, 1.82) is 0 Å². The van der Waals surface area contributed by atoms with Crippen molar-refractivity contribution >= 4 is 34.3 Å². The van der Waals surface area contributed by atoms with Crippen LogP contribution in [0.1, 0.15) is 21.4 Å². The predicted octanol–water partition coefficient (Wildman–Crippen LogP) is 5.05. The van der Waals surface area contributed by atoms with Crippen LogP contribution in [0.2, 0.25) is 4.34 Å². The summed E-state index contributed by atoms with van der Waals surface area (Å²) in [6, 6.07) is 15.6. The predicted molar refractivity (Wildman–Crippen MR) is 90.4 cm³/mol. The Labute approximate surface area is 136 Å². The molecule has 2 N–H and O–H groups in total. The lowest BCUT2D eigenvalue weighted by atomic mass is 10.1. The summed E-state index contributed by atoms with van der Waals surface area (Å²) in [5.41, 5.74) is 0.890. The largest absolute Gasteiger partial charge is 0.508 e. The van der Waals surface area contributed by atoms with Crippen LogP contribution in [0.25, 0.3) is 0 Å². The normalized spacial score (nSPS) is 12.4. The van der Waals surface area contributed by atoms with Crippen molar-refractivity contribution in [3.05, 3.63) is 73.6 Å². The van der Waals surface area contributed by atoms with E-state index in [9.17, 15) is 5.11 Å². The number of benzene rings is 1. The quantitative estimate of drug-likeness (QED) is 0.684. The second kappa shape index (κ2) is 6.62. The van der Waals surface area contributed by atoms with Crippen LogP contribution in [-0.2, 0) is 6.54 Å². The van der Waals surface area contributed by atoms with Gasteiger partial charge in [0, 0.05) is 21.9 Å². The summed E-state index contributed by atoms with van der Waals surface area (Å²) < 4.78 is 0.788. The molecule has 2 nitrogen and oxygen atoms in total. The Morgan fingerprint density at radius 1 is 1.05 bits per heavy atom. The number of nitrogens with one attached hydrogen (secondary N) is 1. The van der Waals surface area contributed by atoms with Crippen molar-refractivity contribution in [3.63, 3.8) is 0 Å². The van der Waals surface area contributed by atoms with Crippen molar-refractivity contribution in [2.75, 3.05) is 0 Å². The Bertz CT molecular complexity index is 709. The molecule has 0 saturated heterocycles. The molecule has 0 aliphatic carbocycles. The van der Waals surface area contributed by atoms with Gasteiger partial charge in [0.15, 0.2) is 0 Å². The molecule has 0 fully saturated rings. The van der Waals surface area contributed by atoms with Gasteiger partial charge in [0.05, 0.1) is 10.4 Å². The molecule has 5 heteroatoms. The van der Waals surface area contributed by atoms with Gasteiger partial charge in [0.2, 0.25) is 0 Å². The lowest BCUT2D eigenvalue weighted by Crippen LogP contribution is -2.20. The minimum Gasteiger partial charge on any atom is -0.508 e. The van der Waals surface area contributed by atoms with E-state index in [0.29, 0.717) is 12.3 Å². The van der Waals surface area contributed by atoms with Gasteiger partial charge in [-0.3, -0.25) is 0 Å². The van der Waals surface area contributed by atoms with Crippen LogP contribution in [0.15, 0.2) is 53.9 Å². The first kappa shape index (κ1) is 14.6. The molecule has 1 aromatic carbocycles. The maximum atomic E-state index is 9.87. The lowest BCUT2D eigenvalue weighted by molar-refractivity contribution is 0.462. The van der Waals surface area contributed by atoms with Crippen LogP contribution >= 0.6 is 34.3 Å². The Balaban J connectivity index is 1.82. The summed E-state index contributed by atoms with van der Waals surface area (Å²) >= 11 is 9.36. The second-order valence-corrected chi connectivity index (χ2v) is 7.33. The molecule has 0 radical (unpaired) electrons. The number of phenolic OH excluding ortho intramolecular Hbond substituents is 1. The highest BCUT2D eigenvalue weighted by Gasteiger charge is 2.17. The van der Waals surface area contributed by atoms with Gasteiger partial charge in [-0.1, -0.05) is 35.9 Å². The van der Waals surface area contributed by atoms with Crippen molar-refractivity contribution in [2.24, 2.45) is 0 Å². The van der Waals surface area contributed by atoms with Crippen LogP contribution < -0.4 is 5.32 Å². The molecule has 0 aliphatic heterocycles. The Morgan fingerprint density at radius 3 is 2.57 bits per heavy atom. The highest BCUT2D eigenvalue weighted by atomic mass is 35.5. The van der Waals surface area contributed by atoms with E-state index in [0.717, 1.165) is 9.90 Å². The van der Waals surface area contributed by atoms with E-state index in [4.69, 9.17) is 11.6 Å². The highest BCUT2D eigenvalue weighted by Crippen LogP contribution is 2.33. The second-order valence-electron chi connectivity index (χ2n) is 4.60. The minimum atomic E-state index is 0.0992. The fraction of sp³-hybridized carbons (Fsp3) is 0.125. The molecule has 3 rings (SSSR count). The summed E-state index contributed by atoms with van der Waals surface area (Å²) in [7, 11) is 0. The smallest absolute Gasteiger partial charge is 0.120 e. The van der Waals surface area contributed by atoms with E-state index in [-0.39, 0.29) is 6.04 Å². The lowest BCUT2D eigenvalue weighted by Gasteiger charge is -2.16. The third-order valence-corrected chi connectivity index (χ3v) is 5.43. The highest BCUT2D eigenvalue weighted by molar-refractivity contribution is 7.16. The first-order valence-electron chi connectivity index (χ1n) is 6.53. The molecule has 108 valence electrons. The molecule has 3 aromatic rings. The zero-order valence-electron chi connectivity index (χ0n) is 11.1. The van der Waals surface area contributed by atoms with Gasteiger partial charge >= 0.3 is 0 Å². The van der Waals surface area contributed by atoms with Crippen LogP contribution in [0.3, 0.4) is 0 Å². The summed E-state index contributed by atoms with van der Waals surface area (Å²) in [4.78, 5) is 2.42. The fourth-order valence-electron chi connectivity index (χ4n) is 2.15. The SMILES string of the molecule is Oc1ccccc1CNC(c1cccs1)c1ccc(Cl)s1. The van der Waals surface area contributed by atoms with Crippen molar-refractivity contribution < 1.29 is 5.11 Å². The van der Waals surface area contributed by atoms with E-state index < -0.39 is 0 Å². The molecule has 0 amide bonds. The molecule has 21 heavy (non-hydrogen) atoms. The van der Waals surface area contributed by atoms with E-state index in [2.05, 4.69) is 22.8 Å². The summed E-state index contributed by atoms with van der Waals surface area (Å²) in [6.45, 7) is 0.602. The zero-order chi connectivity index (χ0) is 14.7. The summed E-state index contributed by atoms with van der Waals surface area (Å²) in [5, 5.41) is 15.5. The van der Waals surface area contributed by atoms with Gasteiger partial charge in [0.1, 0.15) is 5.75 Å². The van der Waals surface area contributed by atoms with E-state index in [1.807, 2.05) is 30.3 Å². The third-order valence-electron chi connectivity index (χ3n) is 3.19. The maximum absolute atomic E-state index is 9.87. The van der Waals surface area contributed by atoms with E-state index in [1.165, 1.54) is 9.75 Å². The number of thiophene rings is 2. The molecular formula is C16H14ClNOS2. The first-order valence-corrected chi connectivity index (χ1v) is 8.60. The zero-order valence-corrected chi connectivity index (χ0v) is 13.5. The van der Waals surface area contributed by atoms with E-state index in [1.54, 1.807) is 28.7 Å². The molecular weight excluding hydrogens is 322 g/mol. The molecule has 2 aromatic heterocycles. The third kappa shape index (κ3) is 3.47. The molecule has 0 spiro atoms. The number of rotatable bonds is 5. The molecule has 0 aliphatic rings. The monoisotopic (exact) mass is 335 g/mol.